The second-order valence-corrected chi connectivity index (χ2v) is 9.05. The van der Waals surface area contributed by atoms with Gasteiger partial charge in [-0.05, 0) is 66.3 Å². The van der Waals surface area contributed by atoms with Crippen molar-refractivity contribution < 1.29 is 4.74 Å². The Morgan fingerprint density at radius 1 is 1.07 bits per heavy atom. The van der Waals surface area contributed by atoms with Crippen molar-refractivity contribution in [2.75, 3.05) is 11.9 Å². The first-order chi connectivity index (χ1) is 14.3. The number of aryl methyl sites for hydroxylation is 2. The third-order valence-electron chi connectivity index (χ3n) is 6.25. The molecule has 2 nitrogen and oxygen atoms in total. The molecule has 1 N–H and O–H groups in total. The van der Waals surface area contributed by atoms with Gasteiger partial charge in [-0.3, -0.25) is 0 Å². The molecule has 3 heteroatoms. The van der Waals surface area contributed by atoms with Crippen LogP contribution in [-0.4, -0.2) is 6.61 Å². The average Bonchev–Trinajstić information content (AvgIpc) is 3.41. The highest BCUT2D eigenvalue weighted by atomic mass is 32.1. The Balaban J connectivity index is 1.36. The first-order valence-electron chi connectivity index (χ1n) is 10.6. The molecule has 2 aromatic carbocycles. The van der Waals surface area contributed by atoms with E-state index in [0.29, 0.717) is 17.9 Å². The Bertz CT molecular complexity index is 1010. The highest BCUT2D eigenvalue weighted by molar-refractivity contribution is 7.10. The first kappa shape index (κ1) is 18.5. The van der Waals surface area contributed by atoms with Gasteiger partial charge in [0.2, 0.25) is 0 Å². The summed E-state index contributed by atoms with van der Waals surface area (Å²) < 4.78 is 6.29. The van der Waals surface area contributed by atoms with Crippen molar-refractivity contribution in [3.8, 4) is 5.75 Å². The minimum absolute atomic E-state index is 0.358. The van der Waals surface area contributed by atoms with E-state index in [4.69, 9.17) is 4.74 Å². The lowest BCUT2D eigenvalue weighted by molar-refractivity contribution is 0.309. The van der Waals surface area contributed by atoms with E-state index in [0.717, 1.165) is 31.6 Å². The molecule has 2 aliphatic rings. The molecule has 29 heavy (non-hydrogen) atoms. The minimum atomic E-state index is 0.358. The average molecular weight is 402 g/mol. The van der Waals surface area contributed by atoms with Gasteiger partial charge in [-0.2, -0.15) is 0 Å². The van der Waals surface area contributed by atoms with Crippen LogP contribution in [0.3, 0.4) is 0 Å². The maximum absolute atomic E-state index is 6.29. The summed E-state index contributed by atoms with van der Waals surface area (Å²) in [6, 6.07) is 19.8. The van der Waals surface area contributed by atoms with Crippen molar-refractivity contribution in [2.24, 2.45) is 5.92 Å². The van der Waals surface area contributed by atoms with Gasteiger partial charge in [-0.15, -0.1) is 11.3 Å². The summed E-state index contributed by atoms with van der Waals surface area (Å²) in [6.07, 6.45) is 7.97. The van der Waals surface area contributed by atoms with E-state index in [1.165, 1.54) is 27.3 Å². The van der Waals surface area contributed by atoms with Crippen LogP contribution in [0.4, 0.5) is 5.69 Å². The van der Waals surface area contributed by atoms with Gasteiger partial charge in [0.05, 0.1) is 18.3 Å². The molecule has 1 aliphatic carbocycles. The number of hydrogen-bond acceptors (Lipinski definition) is 3. The van der Waals surface area contributed by atoms with Gasteiger partial charge in [0.1, 0.15) is 5.75 Å². The van der Waals surface area contributed by atoms with Crippen molar-refractivity contribution in [3.63, 3.8) is 0 Å². The van der Waals surface area contributed by atoms with Gasteiger partial charge in [-0.1, -0.05) is 54.6 Å². The zero-order valence-electron chi connectivity index (χ0n) is 16.8. The van der Waals surface area contributed by atoms with Crippen molar-refractivity contribution in [3.05, 3.63) is 93.7 Å². The number of ether oxygens (including phenoxy) is 1. The van der Waals surface area contributed by atoms with E-state index >= 15 is 0 Å². The SMILES string of the molecule is Cc1ccsc1C1Nc2c(OCCCc3ccccc3)cccc2C2C=CCC21. The summed E-state index contributed by atoms with van der Waals surface area (Å²) in [5.74, 6) is 2.06. The lowest BCUT2D eigenvalue weighted by Crippen LogP contribution is -2.29. The lowest BCUT2D eigenvalue weighted by Gasteiger charge is -2.38. The summed E-state index contributed by atoms with van der Waals surface area (Å²) >= 11 is 1.87. The number of rotatable bonds is 6. The second kappa shape index (κ2) is 8.08. The molecule has 0 saturated carbocycles. The third-order valence-corrected chi connectivity index (χ3v) is 7.35. The molecule has 3 unspecified atom stereocenters. The van der Waals surface area contributed by atoms with Gasteiger partial charge in [-0.25, -0.2) is 0 Å². The third kappa shape index (κ3) is 3.60. The second-order valence-electron chi connectivity index (χ2n) is 8.10. The Hall–Kier alpha value is -2.52. The highest BCUT2D eigenvalue weighted by Crippen LogP contribution is 2.53. The molecule has 3 atom stereocenters. The summed E-state index contributed by atoms with van der Waals surface area (Å²) in [4.78, 5) is 1.47. The van der Waals surface area contributed by atoms with Crippen LogP contribution < -0.4 is 10.1 Å². The summed E-state index contributed by atoms with van der Waals surface area (Å²) in [7, 11) is 0. The molecule has 0 saturated heterocycles. The smallest absolute Gasteiger partial charge is 0.142 e. The number of benzene rings is 2. The summed E-state index contributed by atoms with van der Waals surface area (Å²) in [5.41, 5.74) is 5.34. The van der Waals surface area contributed by atoms with E-state index in [2.05, 4.69) is 84.4 Å². The van der Waals surface area contributed by atoms with Gasteiger partial charge in [0.25, 0.3) is 0 Å². The van der Waals surface area contributed by atoms with Crippen LogP contribution in [0, 0.1) is 12.8 Å². The molecule has 5 rings (SSSR count). The van der Waals surface area contributed by atoms with Crippen molar-refractivity contribution in [1.29, 1.82) is 0 Å². The van der Waals surface area contributed by atoms with Crippen LogP contribution in [-0.2, 0) is 6.42 Å². The number of fused-ring (bicyclic) bond motifs is 3. The van der Waals surface area contributed by atoms with Crippen LogP contribution in [0.5, 0.6) is 5.75 Å². The van der Waals surface area contributed by atoms with Crippen molar-refractivity contribution in [2.45, 2.75) is 38.1 Å². The van der Waals surface area contributed by atoms with Crippen LogP contribution >= 0.6 is 11.3 Å². The Kier molecular flexibility index (Phi) is 5.15. The largest absolute Gasteiger partial charge is 0.491 e. The van der Waals surface area contributed by atoms with Gasteiger partial charge >= 0.3 is 0 Å². The molecular formula is C26H27NOS. The molecule has 0 spiro atoms. The molecule has 3 aromatic rings. The highest BCUT2D eigenvalue weighted by Gasteiger charge is 2.39. The zero-order chi connectivity index (χ0) is 19.6. The lowest BCUT2D eigenvalue weighted by atomic mass is 9.78. The standard InChI is InChI=1S/C26H27NOS/c1-18-15-17-29-26(18)25-22-12-5-11-20(22)21-13-6-14-23(24(21)27-25)28-16-7-10-19-8-3-2-4-9-19/h2-6,8-9,11,13-15,17,20,22,25,27H,7,10,12,16H2,1H3. The van der Waals surface area contributed by atoms with Crippen LogP contribution in [0.15, 0.2) is 72.1 Å². The van der Waals surface area contributed by atoms with E-state index in [1.807, 2.05) is 11.3 Å². The predicted molar refractivity (Wildman–Crippen MR) is 122 cm³/mol. The number of hydrogen-bond donors (Lipinski definition) is 1. The number of thiophene rings is 1. The van der Waals surface area contributed by atoms with E-state index < -0.39 is 0 Å². The molecule has 0 radical (unpaired) electrons. The fourth-order valence-corrected chi connectivity index (χ4v) is 5.83. The fraction of sp³-hybridized carbons (Fsp3) is 0.308. The Labute approximate surface area is 177 Å². The molecule has 148 valence electrons. The monoisotopic (exact) mass is 401 g/mol. The molecule has 2 heterocycles. The zero-order valence-corrected chi connectivity index (χ0v) is 17.6. The normalized spacial score (nSPS) is 22.0. The molecule has 0 fully saturated rings. The van der Waals surface area contributed by atoms with E-state index in [9.17, 15) is 0 Å². The number of anilines is 1. The number of para-hydroxylation sites is 1. The van der Waals surface area contributed by atoms with E-state index in [1.54, 1.807) is 0 Å². The maximum atomic E-state index is 6.29. The molecular weight excluding hydrogens is 374 g/mol. The van der Waals surface area contributed by atoms with Crippen molar-refractivity contribution >= 4 is 17.0 Å². The quantitative estimate of drug-likeness (QED) is 0.358. The topological polar surface area (TPSA) is 21.3 Å². The Morgan fingerprint density at radius 3 is 2.79 bits per heavy atom. The molecule has 0 bridgehead atoms. The van der Waals surface area contributed by atoms with Crippen LogP contribution in [0.2, 0.25) is 0 Å². The van der Waals surface area contributed by atoms with Gasteiger partial charge in [0.15, 0.2) is 0 Å². The molecule has 1 aliphatic heterocycles. The molecule has 0 amide bonds. The fourth-order valence-electron chi connectivity index (χ4n) is 4.78. The van der Waals surface area contributed by atoms with Crippen molar-refractivity contribution in [1.82, 2.24) is 0 Å². The minimum Gasteiger partial charge on any atom is -0.491 e. The van der Waals surface area contributed by atoms with Gasteiger partial charge in [0, 0.05) is 10.8 Å². The maximum Gasteiger partial charge on any atom is 0.142 e. The van der Waals surface area contributed by atoms with Gasteiger partial charge < -0.3 is 10.1 Å². The number of allylic oxidation sites excluding steroid dienone is 2. The van der Waals surface area contributed by atoms with Crippen LogP contribution in [0.25, 0.3) is 0 Å². The van der Waals surface area contributed by atoms with Crippen LogP contribution in [0.1, 0.15) is 46.4 Å². The predicted octanol–water partition coefficient (Wildman–Crippen LogP) is 6.89. The summed E-state index contributed by atoms with van der Waals surface area (Å²) in [5, 5.41) is 6.10. The summed E-state index contributed by atoms with van der Waals surface area (Å²) in [6.45, 7) is 2.96. The number of nitrogens with one attached hydrogen (secondary N) is 1. The Morgan fingerprint density at radius 2 is 1.97 bits per heavy atom. The first-order valence-corrected chi connectivity index (χ1v) is 11.5. The molecule has 1 aromatic heterocycles. The van der Waals surface area contributed by atoms with E-state index in [-0.39, 0.29) is 0 Å².